The Hall–Kier alpha value is -1.47. The molecular weight excluding hydrogens is 254 g/mol. The molecule has 1 aromatic heterocycles. The summed E-state index contributed by atoms with van der Waals surface area (Å²) in [6, 6.07) is 3.24. The zero-order chi connectivity index (χ0) is 13.3. The second kappa shape index (κ2) is 5.03. The van der Waals surface area contributed by atoms with E-state index in [1.807, 2.05) is 13.8 Å². The SMILES string of the molecule is CC1NCCN(C(=O)c2ccc([N+](=O)[O-])s2)C1C. The molecule has 1 aromatic rings. The van der Waals surface area contributed by atoms with Crippen molar-refractivity contribution in [2.24, 2.45) is 0 Å². The summed E-state index contributed by atoms with van der Waals surface area (Å²) in [5, 5.41) is 13.9. The molecule has 1 fully saturated rings. The summed E-state index contributed by atoms with van der Waals surface area (Å²) < 4.78 is 0. The van der Waals surface area contributed by atoms with Crippen molar-refractivity contribution in [3.63, 3.8) is 0 Å². The number of amides is 1. The van der Waals surface area contributed by atoms with Gasteiger partial charge >= 0.3 is 5.00 Å². The van der Waals surface area contributed by atoms with Gasteiger partial charge in [0.15, 0.2) is 0 Å². The molecule has 6 nitrogen and oxygen atoms in total. The molecule has 0 radical (unpaired) electrons. The highest BCUT2D eigenvalue weighted by Crippen LogP contribution is 2.26. The number of nitrogens with zero attached hydrogens (tertiary/aromatic N) is 2. The van der Waals surface area contributed by atoms with Gasteiger partial charge in [-0.15, -0.1) is 0 Å². The zero-order valence-corrected chi connectivity index (χ0v) is 11.1. The Kier molecular flexibility index (Phi) is 3.63. The molecule has 2 unspecified atom stereocenters. The number of carbonyl (C=O) groups excluding carboxylic acids is 1. The van der Waals surface area contributed by atoms with Crippen molar-refractivity contribution < 1.29 is 9.72 Å². The first-order chi connectivity index (χ1) is 8.50. The Balaban J connectivity index is 2.17. The Morgan fingerprint density at radius 2 is 2.28 bits per heavy atom. The fourth-order valence-electron chi connectivity index (χ4n) is 2.03. The first kappa shape index (κ1) is 13.0. The van der Waals surface area contributed by atoms with E-state index in [-0.39, 0.29) is 23.0 Å². The molecule has 0 aliphatic carbocycles. The van der Waals surface area contributed by atoms with Gasteiger partial charge in [0, 0.05) is 31.2 Å². The summed E-state index contributed by atoms with van der Waals surface area (Å²) in [5.41, 5.74) is 0. The molecule has 1 N–H and O–H groups in total. The van der Waals surface area contributed by atoms with E-state index in [4.69, 9.17) is 0 Å². The Morgan fingerprint density at radius 3 is 2.89 bits per heavy atom. The lowest BCUT2D eigenvalue weighted by Gasteiger charge is -2.38. The topological polar surface area (TPSA) is 75.5 Å². The average Bonchev–Trinajstić information content (AvgIpc) is 2.81. The maximum atomic E-state index is 12.3. The zero-order valence-electron chi connectivity index (χ0n) is 10.3. The third kappa shape index (κ3) is 2.37. The van der Waals surface area contributed by atoms with E-state index in [1.54, 1.807) is 4.90 Å². The number of carbonyl (C=O) groups is 1. The van der Waals surface area contributed by atoms with Crippen LogP contribution in [0.5, 0.6) is 0 Å². The molecule has 98 valence electrons. The summed E-state index contributed by atoms with van der Waals surface area (Å²) in [6.45, 7) is 5.40. The Bertz CT molecular complexity index is 474. The molecule has 2 atom stereocenters. The van der Waals surface area contributed by atoms with Gasteiger partial charge in [-0.3, -0.25) is 14.9 Å². The smallest absolute Gasteiger partial charge is 0.324 e. The average molecular weight is 269 g/mol. The van der Waals surface area contributed by atoms with Gasteiger partial charge in [-0.2, -0.15) is 0 Å². The number of nitrogens with one attached hydrogen (secondary N) is 1. The van der Waals surface area contributed by atoms with Crippen molar-refractivity contribution in [1.29, 1.82) is 0 Å². The van der Waals surface area contributed by atoms with Crippen LogP contribution in [0.1, 0.15) is 23.5 Å². The highest BCUT2D eigenvalue weighted by molar-refractivity contribution is 7.17. The largest absolute Gasteiger partial charge is 0.332 e. The minimum Gasteiger partial charge on any atom is -0.332 e. The Morgan fingerprint density at radius 1 is 1.56 bits per heavy atom. The molecule has 2 rings (SSSR count). The quantitative estimate of drug-likeness (QED) is 0.651. The summed E-state index contributed by atoms with van der Waals surface area (Å²) in [4.78, 5) is 24.6. The predicted octanol–water partition coefficient (Wildman–Crippen LogP) is 1.48. The van der Waals surface area contributed by atoms with Crippen LogP contribution in [0.4, 0.5) is 5.00 Å². The molecule has 1 saturated heterocycles. The van der Waals surface area contributed by atoms with Crippen LogP contribution < -0.4 is 5.32 Å². The van der Waals surface area contributed by atoms with Crippen LogP contribution in [-0.2, 0) is 0 Å². The van der Waals surface area contributed by atoms with Crippen LogP contribution in [0, 0.1) is 10.1 Å². The summed E-state index contributed by atoms with van der Waals surface area (Å²) in [7, 11) is 0. The molecular formula is C11H15N3O3S. The summed E-state index contributed by atoms with van der Waals surface area (Å²) in [5.74, 6) is -0.117. The lowest BCUT2D eigenvalue weighted by atomic mass is 10.1. The third-order valence-corrected chi connectivity index (χ3v) is 4.30. The van der Waals surface area contributed by atoms with Crippen LogP contribution in [0.25, 0.3) is 0 Å². The van der Waals surface area contributed by atoms with Crippen LogP contribution in [0.15, 0.2) is 12.1 Å². The number of nitro groups is 1. The number of hydrogen-bond donors (Lipinski definition) is 1. The van der Waals surface area contributed by atoms with Crippen molar-refractivity contribution in [3.05, 3.63) is 27.1 Å². The van der Waals surface area contributed by atoms with Gasteiger partial charge in [-0.1, -0.05) is 11.3 Å². The lowest BCUT2D eigenvalue weighted by Crippen LogP contribution is -2.57. The Labute approximate surface area is 109 Å². The standard InChI is InChI=1S/C11H15N3O3S/c1-7-8(2)13(6-5-12-7)11(15)9-3-4-10(18-9)14(16)17/h3-4,7-8,12H,5-6H2,1-2H3. The molecule has 0 spiro atoms. The van der Waals surface area contributed by atoms with Gasteiger partial charge < -0.3 is 10.2 Å². The van der Waals surface area contributed by atoms with E-state index >= 15 is 0 Å². The summed E-state index contributed by atoms with van der Waals surface area (Å²) >= 11 is 0.935. The van der Waals surface area contributed by atoms with Gasteiger partial charge in [-0.25, -0.2) is 0 Å². The summed E-state index contributed by atoms with van der Waals surface area (Å²) in [6.07, 6.45) is 0. The molecule has 0 aromatic carbocycles. The van der Waals surface area contributed by atoms with Crippen molar-refractivity contribution in [3.8, 4) is 0 Å². The van der Waals surface area contributed by atoms with Gasteiger partial charge in [0.05, 0.1) is 9.80 Å². The van der Waals surface area contributed by atoms with Gasteiger partial charge in [0.25, 0.3) is 5.91 Å². The molecule has 2 heterocycles. The monoisotopic (exact) mass is 269 g/mol. The van der Waals surface area contributed by atoms with Gasteiger partial charge in [0.2, 0.25) is 0 Å². The number of thiophene rings is 1. The van der Waals surface area contributed by atoms with E-state index in [9.17, 15) is 14.9 Å². The number of rotatable bonds is 2. The molecule has 1 aliphatic heterocycles. The first-order valence-electron chi connectivity index (χ1n) is 5.79. The fourth-order valence-corrected chi connectivity index (χ4v) is 2.80. The molecule has 0 saturated carbocycles. The van der Waals surface area contributed by atoms with Crippen LogP contribution in [0.2, 0.25) is 0 Å². The lowest BCUT2D eigenvalue weighted by molar-refractivity contribution is -0.380. The second-order valence-corrected chi connectivity index (χ2v) is 5.44. The maximum absolute atomic E-state index is 12.3. The van der Waals surface area contributed by atoms with Crippen LogP contribution >= 0.6 is 11.3 Å². The molecule has 1 aliphatic rings. The molecule has 0 bridgehead atoms. The number of hydrogen-bond acceptors (Lipinski definition) is 5. The molecule has 1 amide bonds. The van der Waals surface area contributed by atoms with Crippen molar-refractivity contribution in [2.75, 3.05) is 13.1 Å². The fraction of sp³-hybridized carbons (Fsp3) is 0.545. The van der Waals surface area contributed by atoms with E-state index in [2.05, 4.69) is 5.32 Å². The van der Waals surface area contributed by atoms with Crippen LogP contribution in [-0.4, -0.2) is 40.9 Å². The van der Waals surface area contributed by atoms with E-state index in [0.29, 0.717) is 11.4 Å². The number of piperazine rings is 1. The van der Waals surface area contributed by atoms with Crippen molar-refractivity contribution in [1.82, 2.24) is 10.2 Å². The van der Waals surface area contributed by atoms with Crippen molar-refractivity contribution in [2.45, 2.75) is 25.9 Å². The predicted molar refractivity (Wildman–Crippen MR) is 68.9 cm³/mol. The minimum atomic E-state index is -0.467. The van der Waals surface area contributed by atoms with E-state index < -0.39 is 4.92 Å². The van der Waals surface area contributed by atoms with E-state index in [1.165, 1.54) is 12.1 Å². The normalized spacial score (nSPS) is 24.0. The molecule has 18 heavy (non-hydrogen) atoms. The first-order valence-corrected chi connectivity index (χ1v) is 6.61. The minimum absolute atomic E-state index is 0.00851. The van der Waals surface area contributed by atoms with E-state index in [0.717, 1.165) is 17.9 Å². The van der Waals surface area contributed by atoms with Gasteiger partial charge in [-0.05, 0) is 19.9 Å². The second-order valence-electron chi connectivity index (χ2n) is 4.38. The highest BCUT2D eigenvalue weighted by Gasteiger charge is 2.30. The highest BCUT2D eigenvalue weighted by atomic mass is 32.1. The van der Waals surface area contributed by atoms with Gasteiger partial charge in [0.1, 0.15) is 0 Å². The maximum Gasteiger partial charge on any atom is 0.324 e. The van der Waals surface area contributed by atoms with Crippen molar-refractivity contribution >= 4 is 22.2 Å². The third-order valence-electron chi connectivity index (χ3n) is 3.28. The van der Waals surface area contributed by atoms with Crippen LogP contribution in [0.3, 0.4) is 0 Å². The molecule has 7 heteroatoms.